The Morgan fingerprint density at radius 3 is 2.30 bits per heavy atom. The van der Waals surface area contributed by atoms with Crippen molar-refractivity contribution in [2.24, 2.45) is 5.73 Å². The second-order valence-electron chi connectivity index (χ2n) is 4.40. The number of hydrogen-bond donors (Lipinski definition) is 2. The van der Waals surface area contributed by atoms with Crippen molar-refractivity contribution in [2.45, 2.75) is 6.42 Å². The molecule has 0 saturated heterocycles. The zero-order valence-electron chi connectivity index (χ0n) is 10.9. The summed E-state index contributed by atoms with van der Waals surface area (Å²) in [5, 5.41) is 9.04. The standard InChI is InChI=1S/C16H15NO3/c17-16(20)14-7-6-13(10-12(14)8-9-18)15(19)11-4-2-1-3-5-11/h1-7,10,18H,8-9H2,(H2,17,20). The monoisotopic (exact) mass is 269 g/mol. The number of benzene rings is 2. The van der Waals surface area contributed by atoms with Gasteiger partial charge in [0.15, 0.2) is 5.78 Å². The molecule has 0 aromatic heterocycles. The fourth-order valence-electron chi connectivity index (χ4n) is 2.06. The minimum Gasteiger partial charge on any atom is -0.396 e. The van der Waals surface area contributed by atoms with E-state index in [0.717, 1.165) is 0 Å². The molecule has 2 aromatic rings. The van der Waals surface area contributed by atoms with E-state index in [1.54, 1.807) is 36.4 Å². The lowest BCUT2D eigenvalue weighted by molar-refractivity contribution is 0.0995. The molecule has 0 unspecified atom stereocenters. The van der Waals surface area contributed by atoms with Gasteiger partial charge < -0.3 is 10.8 Å². The molecule has 4 nitrogen and oxygen atoms in total. The van der Waals surface area contributed by atoms with Gasteiger partial charge in [0, 0.05) is 23.3 Å². The molecule has 0 radical (unpaired) electrons. The van der Waals surface area contributed by atoms with Crippen molar-refractivity contribution >= 4 is 11.7 Å². The van der Waals surface area contributed by atoms with Crippen LogP contribution in [0.1, 0.15) is 31.8 Å². The average molecular weight is 269 g/mol. The van der Waals surface area contributed by atoms with Gasteiger partial charge in [-0.25, -0.2) is 0 Å². The maximum absolute atomic E-state index is 12.3. The van der Waals surface area contributed by atoms with Crippen molar-refractivity contribution in [1.82, 2.24) is 0 Å². The third-order valence-electron chi connectivity index (χ3n) is 3.05. The highest BCUT2D eigenvalue weighted by atomic mass is 16.3. The minimum atomic E-state index is -0.563. The van der Waals surface area contributed by atoms with Crippen LogP contribution in [0.25, 0.3) is 0 Å². The molecule has 102 valence electrons. The largest absolute Gasteiger partial charge is 0.396 e. The maximum atomic E-state index is 12.3. The van der Waals surface area contributed by atoms with E-state index in [1.165, 1.54) is 6.07 Å². The molecule has 0 heterocycles. The van der Waals surface area contributed by atoms with Crippen LogP contribution in [0, 0.1) is 0 Å². The summed E-state index contributed by atoms with van der Waals surface area (Å²) in [6.45, 7) is -0.108. The lowest BCUT2D eigenvalue weighted by Gasteiger charge is -2.08. The quantitative estimate of drug-likeness (QED) is 0.808. The van der Waals surface area contributed by atoms with E-state index >= 15 is 0 Å². The first-order valence-electron chi connectivity index (χ1n) is 6.27. The van der Waals surface area contributed by atoms with E-state index in [4.69, 9.17) is 10.8 Å². The number of carbonyl (C=O) groups is 2. The Kier molecular flexibility index (Phi) is 4.27. The van der Waals surface area contributed by atoms with Crippen LogP contribution in [0.2, 0.25) is 0 Å². The number of aliphatic hydroxyl groups is 1. The van der Waals surface area contributed by atoms with Gasteiger partial charge in [0.2, 0.25) is 5.91 Å². The van der Waals surface area contributed by atoms with Crippen LogP contribution >= 0.6 is 0 Å². The first kappa shape index (κ1) is 14.0. The highest BCUT2D eigenvalue weighted by Crippen LogP contribution is 2.16. The Labute approximate surface area is 116 Å². The van der Waals surface area contributed by atoms with Gasteiger partial charge >= 0.3 is 0 Å². The van der Waals surface area contributed by atoms with Gasteiger partial charge in [-0.3, -0.25) is 9.59 Å². The summed E-state index contributed by atoms with van der Waals surface area (Å²) in [4.78, 5) is 23.6. The number of aliphatic hydroxyl groups excluding tert-OH is 1. The Morgan fingerprint density at radius 1 is 1.00 bits per heavy atom. The third-order valence-corrected chi connectivity index (χ3v) is 3.05. The summed E-state index contributed by atoms with van der Waals surface area (Å²) in [7, 11) is 0. The Bertz CT molecular complexity index is 635. The van der Waals surface area contributed by atoms with Crippen LogP contribution in [0.15, 0.2) is 48.5 Å². The van der Waals surface area contributed by atoms with Crippen LogP contribution in [0.4, 0.5) is 0 Å². The van der Waals surface area contributed by atoms with Crippen molar-refractivity contribution in [3.05, 3.63) is 70.8 Å². The highest BCUT2D eigenvalue weighted by Gasteiger charge is 2.13. The van der Waals surface area contributed by atoms with Crippen molar-refractivity contribution in [3.8, 4) is 0 Å². The van der Waals surface area contributed by atoms with E-state index in [-0.39, 0.29) is 18.8 Å². The van der Waals surface area contributed by atoms with Gasteiger partial charge in [0.05, 0.1) is 0 Å². The molecule has 0 atom stereocenters. The molecule has 0 aliphatic rings. The fraction of sp³-hybridized carbons (Fsp3) is 0.125. The summed E-state index contributed by atoms with van der Waals surface area (Å²) in [5.41, 5.74) is 7.25. The molecule has 0 bridgehead atoms. The van der Waals surface area contributed by atoms with Crippen molar-refractivity contribution < 1.29 is 14.7 Å². The smallest absolute Gasteiger partial charge is 0.248 e. The van der Waals surface area contributed by atoms with Gasteiger partial charge in [-0.15, -0.1) is 0 Å². The van der Waals surface area contributed by atoms with Gasteiger partial charge in [0.1, 0.15) is 0 Å². The first-order chi connectivity index (χ1) is 9.63. The van der Waals surface area contributed by atoms with Crippen LogP contribution < -0.4 is 5.73 Å². The molecule has 0 fully saturated rings. The van der Waals surface area contributed by atoms with Crippen LogP contribution in [-0.2, 0) is 6.42 Å². The lowest BCUT2D eigenvalue weighted by atomic mass is 9.96. The molecule has 1 amide bonds. The number of ketones is 1. The molecule has 0 aliphatic heterocycles. The van der Waals surface area contributed by atoms with Gasteiger partial charge in [-0.05, 0) is 24.1 Å². The molecule has 20 heavy (non-hydrogen) atoms. The van der Waals surface area contributed by atoms with Crippen molar-refractivity contribution in [2.75, 3.05) is 6.61 Å². The molecule has 0 spiro atoms. The number of primary amides is 1. The van der Waals surface area contributed by atoms with E-state index in [9.17, 15) is 9.59 Å². The zero-order valence-corrected chi connectivity index (χ0v) is 10.9. The topological polar surface area (TPSA) is 80.4 Å². The molecule has 4 heteroatoms. The Morgan fingerprint density at radius 2 is 1.70 bits per heavy atom. The molecule has 2 rings (SSSR count). The summed E-state index contributed by atoms with van der Waals surface area (Å²) in [6.07, 6.45) is 0.286. The summed E-state index contributed by atoms with van der Waals surface area (Å²) < 4.78 is 0. The second kappa shape index (κ2) is 6.12. The molecule has 0 saturated carbocycles. The van der Waals surface area contributed by atoms with Gasteiger partial charge in [-0.2, -0.15) is 0 Å². The summed E-state index contributed by atoms with van der Waals surface area (Å²) >= 11 is 0. The predicted octanol–water partition coefficient (Wildman–Crippen LogP) is 1.55. The number of hydrogen-bond acceptors (Lipinski definition) is 3. The maximum Gasteiger partial charge on any atom is 0.248 e. The summed E-state index contributed by atoms with van der Waals surface area (Å²) in [5.74, 6) is -0.687. The van der Waals surface area contributed by atoms with Crippen LogP contribution in [0.3, 0.4) is 0 Å². The number of rotatable bonds is 5. The van der Waals surface area contributed by atoms with Crippen molar-refractivity contribution in [3.63, 3.8) is 0 Å². The van der Waals surface area contributed by atoms with E-state index < -0.39 is 5.91 Å². The first-order valence-corrected chi connectivity index (χ1v) is 6.27. The minimum absolute atomic E-state index is 0.108. The SMILES string of the molecule is NC(=O)c1ccc(C(=O)c2ccccc2)cc1CCO. The number of amides is 1. The predicted molar refractivity (Wildman–Crippen MR) is 75.6 cm³/mol. The zero-order chi connectivity index (χ0) is 14.5. The van der Waals surface area contributed by atoms with E-state index in [0.29, 0.717) is 22.3 Å². The number of nitrogens with two attached hydrogens (primary N) is 1. The second-order valence-corrected chi connectivity index (χ2v) is 4.40. The molecular weight excluding hydrogens is 254 g/mol. The number of carbonyl (C=O) groups excluding carboxylic acids is 2. The lowest BCUT2D eigenvalue weighted by Crippen LogP contribution is -2.15. The Hall–Kier alpha value is -2.46. The van der Waals surface area contributed by atoms with Crippen molar-refractivity contribution in [1.29, 1.82) is 0 Å². The molecule has 0 aliphatic carbocycles. The highest BCUT2D eigenvalue weighted by molar-refractivity contribution is 6.09. The molecule has 2 aromatic carbocycles. The van der Waals surface area contributed by atoms with Crippen LogP contribution in [0.5, 0.6) is 0 Å². The fourth-order valence-corrected chi connectivity index (χ4v) is 2.06. The van der Waals surface area contributed by atoms with E-state index in [1.807, 2.05) is 6.07 Å². The molecular formula is C16H15NO3. The normalized spacial score (nSPS) is 10.2. The third kappa shape index (κ3) is 2.92. The van der Waals surface area contributed by atoms with E-state index in [2.05, 4.69) is 0 Å². The van der Waals surface area contributed by atoms with Crippen LogP contribution in [-0.4, -0.2) is 23.4 Å². The molecule has 3 N–H and O–H groups in total. The average Bonchev–Trinajstić information content (AvgIpc) is 2.47. The van der Waals surface area contributed by atoms with Gasteiger partial charge in [0.25, 0.3) is 0 Å². The summed E-state index contributed by atoms with van der Waals surface area (Å²) in [6, 6.07) is 13.6. The van der Waals surface area contributed by atoms with Gasteiger partial charge in [-0.1, -0.05) is 36.4 Å². The Balaban J connectivity index is 2.41.